The van der Waals surface area contributed by atoms with Crippen LogP contribution in [0.5, 0.6) is 0 Å². The highest BCUT2D eigenvalue weighted by atomic mass is 14.3. The van der Waals surface area contributed by atoms with Crippen molar-refractivity contribution in [1.82, 2.24) is 0 Å². The van der Waals surface area contributed by atoms with Gasteiger partial charge in [-0.1, -0.05) is 19.1 Å². The van der Waals surface area contributed by atoms with Gasteiger partial charge in [0.15, 0.2) is 0 Å². The molecular weight excluding hydrogens is 120 g/mol. The van der Waals surface area contributed by atoms with Crippen LogP contribution in [0.3, 0.4) is 0 Å². The second-order valence-corrected chi connectivity index (χ2v) is 3.37. The predicted octanol–water partition coefficient (Wildman–Crippen LogP) is 2.68. The number of fused-ring (bicyclic) bond motifs is 1. The van der Waals surface area contributed by atoms with Crippen LogP contribution in [0.2, 0.25) is 0 Å². The van der Waals surface area contributed by atoms with E-state index in [0.717, 1.165) is 11.8 Å². The highest BCUT2D eigenvalue weighted by molar-refractivity contribution is 5.25. The van der Waals surface area contributed by atoms with Gasteiger partial charge in [0, 0.05) is 5.92 Å². The lowest BCUT2D eigenvalue weighted by molar-refractivity contribution is 0.586. The summed E-state index contributed by atoms with van der Waals surface area (Å²) >= 11 is 0. The topological polar surface area (TPSA) is 0 Å². The third kappa shape index (κ3) is 0.853. The Kier molecular flexibility index (Phi) is 1.28. The molecule has 0 nitrogen and oxygen atoms in total. The third-order valence-corrected chi connectivity index (χ3v) is 2.38. The van der Waals surface area contributed by atoms with Crippen molar-refractivity contribution in [3.8, 4) is 0 Å². The Morgan fingerprint density at radius 1 is 1.60 bits per heavy atom. The van der Waals surface area contributed by atoms with E-state index in [4.69, 9.17) is 0 Å². The van der Waals surface area contributed by atoms with E-state index >= 15 is 0 Å². The molecule has 0 aromatic heterocycles. The van der Waals surface area contributed by atoms with Gasteiger partial charge in [0.05, 0.1) is 0 Å². The first-order valence-corrected chi connectivity index (χ1v) is 3.98. The maximum absolute atomic E-state index is 3.32. The van der Waals surface area contributed by atoms with Crippen molar-refractivity contribution >= 4 is 0 Å². The Balaban J connectivity index is 2.32. The van der Waals surface area contributed by atoms with Crippen LogP contribution in [0.15, 0.2) is 29.5 Å². The monoisotopic (exact) mass is 132 g/mol. The fourth-order valence-electron chi connectivity index (χ4n) is 1.89. The first-order valence-electron chi connectivity index (χ1n) is 3.98. The largest absolute Gasteiger partial charge is 0.121 e. The summed E-state index contributed by atoms with van der Waals surface area (Å²) in [5, 5.41) is 0. The number of hydrogen-bond donors (Lipinski definition) is 0. The van der Waals surface area contributed by atoms with E-state index in [1.165, 1.54) is 18.4 Å². The van der Waals surface area contributed by atoms with Crippen LogP contribution in [-0.2, 0) is 0 Å². The van der Waals surface area contributed by atoms with Gasteiger partial charge in [0.1, 0.15) is 0 Å². The van der Waals surface area contributed by atoms with Gasteiger partial charge in [-0.05, 0) is 30.4 Å². The molecule has 0 bridgehead atoms. The van der Waals surface area contributed by atoms with E-state index in [-0.39, 0.29) is 0 Å². The summed E-state index contributed by atoms with van der Waals surface area (Å²) < 4.78 is 0. The molecule has 10 heavy (non-hydrogen) atoms. The van der Waals surface area contributed by atoms with Crippen LogP contribution in [0, 0.1) is 11.8 Å². The normalized spacial score (nSPS) is 35.9. The minimum atomic E-state index is 0.736. The number of allylic oxidation sites excluding steroid dienone is 3. The molecule has 0 N–H and O–H groups in total. The SMILES string of the molecule is CC1CC2=C=CC=CC2C1. The second kappa shape index (κ2) is 2.14. The van der Waals surface area contributed by atoms with Gasteiger partial charge in [0.2, 0.25) is 0 Å². The van der Waals surface area contributed by atoms with Gasteiger partial charge in [-0.3, -0.25) is 0 Å². The van der Waals surface area contributed by atoms with Crippen LogP contribution < -0.4 is 0 Å². The molecular formula is C10H12. The highest BCUT2D eigenvalue weighted by Gasteiger charge is 2.24. The summed E-state index contributed by atoms with van der Waals surface area (Å²) in [6.45, 7) is 2.32. The van der Waals surface area contributed by atoms with Gasteiger partial charge in [-0.25, -0.2) is 0 Å². The van der Waals surface area contributed by atoms with Crippen molar-refractivity contribution in [1.29, 1.82) is 0 Å². The zero-order valence-corrected chi connectivity index (χ0v) is 6.30. The second-order valence-electron chi connectivity index (χ2n) is 3.37. The lowest BCUT2D eigenvalue weighted by Crippen LogP contribution is -1.92. The van der Waals surface area contributed by atoms with E-state index in [9.17, 15) is 0 Å². The molecule has 0 aliphatic heterocycles. The maximum Gasteiger partial charge on any atom is 0.00588 e. The minimum absolute atomic E-state index is 0.736. The summed E-state index contributed by atoms with van der Waals surface area (Å²) in [7, 11) is 0. The van der Waals surface area contributed by atoms with Crippen LogP contribution in [-0.4, -0.2) is 0 Å². The highest BCUT2D eigenvalue weighted by Crippen LogP contribution is 2.36. The quantitative estimate of drug-likeness (QED) is 0.444. The van der Waals surface area contributed by atoms with Crippen molar-refractivity contribution in [2.24, 2.45) is 11.8 Å². The molecule has 2 unspecified atom stereocenters. The van der Waals surface area contributed by atoms with Crippen LogP contribution in [0.25, 0.3) is 0 Å². The van der Waals surface area contributed by atoms with Gasteiger partial charge < -0.3 is 0 Å². The fourth-order valence-corrected chi connectivity index (χ4v) is 1.89. The van der Waals surface area contributed by atoms with Gasteiger partial charge in [-0.2, -0.15) is 0 Å². The Labute approximate surface area is 61.9 Å². The number of rotatable bonds is 0. The Morgan fingerprint density at radius 2 is 2.50 bits per heavy atom. The van der Waals surface area contributed by atoms with E-state index in [1.54, 1.807) is 0 Å². The lowest BCUT2D eigenvalue weighted by atomic mass is 10.0. The minimum Gasteiger partial charge on any atom is -0.121 e. The van der Waals surface area contributed by atoms with E-state index in [0.29, 0.717) is 0 Å². The summed E-state index contributed by atoms with van der Waals surface area (Å²) in [6.07, 6.45) is 9.06. The van der Waals surface area contributed by atoms with Crippen molar-refractivity contribution in [3.63, 3.8) is 0 Å². The van der Waals surface area contributed by atoms with Crippen LogP contribution in [0.1, 0.15) is 19.8 Å². The Bertz CT molecular complexity index is 226. The lowest BCUT2D eigenvalue weighted by Gasteiger charge is -2.04. The summed E-state index contributed by atoms with van der Waals surface area (Å²) in [4.78, 5) is 0. The van der Waals surface area contributed by atoms with Gasteiger partial charge in [0.25, 0.3) is 0 Å². The predicted molar refractivity (Wildman–Crippen MR) is 42.6 cm³/mol. The van der Waals surface area contributed by atoms with Crippen molar-refractivity contribution in [3.05, 3.63) is 29.5 Å². The van der Waals surface area contributed by atoms with Crippen molar-refractivity contribution < 1.29 is 0 Å². The molecule has 0 heterocycles. The third-order valence-electron chi connectivity index (χ3n) is 2.38. The molecule has 2 rings (SSSR count). The Hall–Kier alpha value is -0.740. The molecule has 2 aliphatic rings. The zero-order valence-electron chi connectivity index (χ0n) is 6.30. The average Bonchev–Trinajstić information content (AvgIpc) is 2.27. The molecule has 0 spiro atoms. The summed E-state index contributed by atoms with van der Waals surface area (Å²) in [6, 6.07) is 0. The smallest absolute Gasteiger partial charge is 0.00588 e. The molecule has 1 fully saturated rings. The van der Waals surface area contributed by atoms with E-state index in [2.05, 4.69) is 24.8 Å². The van der Waals surface area contributed by atoms with E-state index in [1.807, 2.05) is 6.08 Å². The Morgan fingerprint density at radius 3 is 3.30 bits per heavy atom. The zero-order chi connectivity index (χ0) is 6.97. The molecule has 0 aromatic rings. The van der Waals surface area contributed by atoms with E-state index < -0.39 is 0 Å². The van der Waals surface area contributed by atoms with Gasteiger partial charge >= 0.3 is 0 Å². The van der Waals surface area contributed by atoms with Gasteiger partial charge in [-0.15, -0.1) is 5.73 Å². The molecule has 0 heteroatoms. The molecule has 0 saturated heterocycles. The van der Waals surface area contributed by atoms with Crippen LogP contribution in [0.4, 0.5) is 0 Å². The molecule has 52 valence electrons. The molecule has 2 atom stereocenters. The standard InChI is InChI=1S/C10H12/c1-8-6-9-4-2-3-5-10(9)7-8/h2-4,8-9H,6-7H2,1H3. The molecule has 1 saturated carbocycles. The molecule has 0 aromatic carbocycles. The molecule has 2 aliphatic carbocycles. The first kappa shape index (κ1) is 6.00. The van der Waals surface area contributed by atoms with Crippen molar-refractivity contribution in [2.75, 3.05) is 0 Å². The van der Waals surface area contributed by atoms with Crippen LogP contribution >= 0.6 is 0 Å². The maximum atomic E-state index is 3.32. The van der Waals surface area contributed by atoms with Crippen molar-refractivity contribution in [2.45, 2.75) is 19.8 Å². The summed E-state index contributed by atoms with van der Waals surface area (Å²) in [5.74, 6) is 1.61. The first-order chi connectivity index (χ1) is 4.86. The fraction of sp³-hybridized carbons (Fsp3) is 0.500. The average molecular weight is 132 g/mol. The molecule has 0 radical (unpaired) electrons. The summed E-state index contributed by atoms with van der Waals surface area (Å²) in [5.41, 5.74) is 4.84. The molecule has 0 amide bonds. The number of hydrogen-bond acceptors (Lipinski definition) is 0.